The van der Waals surface area contributed by atoms with Gasteiger partial charge in [0, 0.05) is 73.3 Å². The fourth-order valence-corrected chi connectivity index (χ4v) is 6.78. The minimum atomic E-state index is -0.856. The lowest BCUT2D eigenvalue weighted by molar-refractivity contribution is -0.147. The van der Waals surface area contributed by atoms with Crippen LogP contribution in [0.3, 0.4) is 0 Å². The van der Waals surface area contributed by atoms with Gasteiger partial charge in [0.2, 0.25) is 11.8 Å². The molecule has 0 spiro atoms. The lowest BCUT2D eigenvalue weighted by Gasteiger charge is -2.20. The van der Waals surface area contributed by atoms with Crippen LogP contribution < -0.4 is 20.7 Å². The standard InChI is InChI=1S/C35H36Cl2FN7O4/c1-35(34(47)48)12-15-45(19-35)18-21-10-13-41-32(30(21)38)43-26-5-3-4-24(28(26)36)31-29(37)23(11-14-40-31)25-8-6-20(33(44-25)49-2)16-39-17-22-7-9-27(46)42-22/h3-6,8,10-11,13-14,22,39H,7,9,12,15-19H2,1-2H3,(H,41,43)(H,42,46)(H,47,48)/t22-,35-/m1/s1. The molecule has 256 valence electrons. The highest BCUT2D eigenvalue weighted by atomic mass is 35.5. The molecule has 4 N–H and O–H groups in total. The molecule has 0 aliphatic carbocycles. The third kappa shape index (κ3) is 7.47. The number of nitrogens with zero attached hydrogens (tertiary/aromatic N) is 4. The van der Waals surface area contributed by atoms with Gasteiger partial charge in [0.25, 0.3) is 0 Å². The van der Waals surface area contributed by atoms with Crippen LogP contribution in [0.2, 0.25) is 10.0 Å². The molecular formula is C35H36Cl2FN7O4. The van der Waals surface area contributed by atoms with E-state index in [2.05, 4.69) is 25.9 Å². The second-order valence-corrected chi connectivity index (χ2v) is 13.3. The molecule has 2 saturated heterocycles. The number of benzene rings is 1. The number of hydrogen-bond acceptors (Lipinski definition) is 9. The molecule has 1 amide bonds. The van der Waals surface area contributed by atoms with E-state index in [1.165, 1.54) is 6.20 Å². The number of carbonyl (C=O) groups excluding carboxylic acids is 1. The number of methoxy groups -OCH3 is 1. The van der Waals surface area contributed by atoms with Gasteiger partial charge in [-0.2, -0.15) is 0 Å². The van der Waals surface area contributed by atoms with Gasteiger partial charge >= 0.3 is 5.97 Å². The molecule has 11 nitrogen and oxygen atoms in total. The first-order chi connectivity index (χ1) is 23.6. The number of pyridine rings is 3. The molecule has 14 heteroatoms. The number of carboxylic acid groups (broad SMARTS) is 1. The smallest absolute Gasteiger partial charge is 0.310 e. The highest BCUT2D eigenvalue weighted by Gasteiger charge is 2.40. The van der Waals surface area contributed by atoms with Crippen molar-refractivity contribution in [2.45, 2.75) is 45.3 Å². The minimum Gasteiger partial charge on any atom is -0.481 e. The van der Waals surface area contributed by atoms with Crippen molar-refractivity contribution in [2.75, 3.05) is 32.1 Å². The predicted molar refractivity (Wildman–Crippen MR) is 185 cm³/mol. The lowest BCUT2D eigenvalue weighted by Crippen LogP contribution is -2.35. The molecule has 0 unspecified atom stereocenters. The zero-order chi connectivity index (χ0) is 34.7. The fourth-order valence-electron chi connectivity index (χ4n) is 6.21. The first-order valence-corrected chi connectivity index (χ1v) is 16.7. The number of aromatic nitrogens is 3. The Hall–Kier alpha value is -4.36. The molecule has 49 heavy (non-hydrogen) atoms. The average Bonchev–Trinajstić information content (AvgIpc) is 3.69. The van der Waals surface area contributed by atoms with E-state index in [1.54, 1.807) is 50.6 Å². The van der Waals surface area contributed by atoms with Crippen LogP contribution in [0.5, 0.6) is 5.88 Å². The number of carboxylic acids is 1. The molecule has 0 bridgehead atoms. The third-order valence-corrected chi connectivity index (χ3v) is 9.82. The summed E-state index contributed by atoms with van der Waals surface area (Å²) in [6.07, 6.45) is 4.97. The number of aliphatic carboxylic acids is 1. The van der Waals surface area contributed by atoms with Crippen LogP contribution >= 0.6 is 23.2 Å². The Balaban J connectivity index is 1.20. The van der Waals surface area contributed by atoms with Crippen molar-refractivity contribution >= 4 is 46.6 Å². The maximum absolute atomic E-state index is 15.7. The van der Waals surface area contributed by atoms with Crippen LogP contribution in [-0.4, -0.2) is 69.6 Å². The molecular weight excluding hydrogens is 672 g/mol. The average molecular weight is 709 g/mol. The Morgan fingerprint density at radius 2 is 1.94 bits per heavy atom. The van der Waals surface area contributed by atoms with Gasteiger partial charge in [-0.05, 0) is 50.6 Å². The van der Waals surface area contributed by atoms with Crippen LogP contribution in [0.1, 0.15) is 37.3 Å². The van der Waals surface area contributed by atoms with Crippen molar-refractivity contribution in [3.8, 4) is 28.4 Å². The van der Waals surface area contributed by atoms with E-state index in [1.807, 2.05) is 17.0 Å². The van der Waals surface area contributed by atoms with Crippen molar-refractivity contribution in [3.05, 3.63) is 81.8 Å². The fraction of sp³-hybridized carbons (Fsp3) is 0.343. The van der Waals surface area contributed by atoms with Crippen molar-refractivity contribution in [1.29, 1.82) is 0 Å². The molecule has 0 radical (unpaired) electrons. The SMILES string of the molecule is COc1nc(-c2ccnc(-c3cccc(Nc4nccc(CN5CC[C@@](C)(C(=O)O)C5)c4F)c3Cl)c2Cl)ccc1CNC[C@H]1CCC(=O)N1. The number of rotatable bonds is 12. The number of nitrogens with one attached hydrogen (secondary N) is 3. The van der Waals surface area contributed by atoms with Gasteiger partial charge in [0.15, 0.2) is 11.6 Å². The minimum absolute atomic E-state index is 0.0107. The summed E-state index contributed by atoms with van der Waals surface area (Å²) in [6, 6.07) is 12.5. The van der Waals surface area contributed by atoms with Gasteiger partial charge in [-0.3, -0.25) is 19.5 Å². The number of ether oxygens (including phenoxy) is 1. The maximum Gasteiger partial charge on any atom is 0.310 e. The summed E-state index contributed by atoms with van der Waals surface area (Å²) >= 11 is 13.8. The van der Waals surface area contributed by atoms with Gasteiger partial charge in [0.05, 0.1) is 39.6 Å². The molecule has 2 atom stereocenters. The molecule has 2 aliphatic rings. The predicted octanol–water partition coefficient (Wildman–Crippen LogP) is 6.07. The molecule has 0 saturated carbocycles. The van der Waals surface area contributed by atoms with Crippen molar-refractivity contribution in [3.63, 3.8) is 0 Å². The molecule has 5 heterocycles. The molecule has 1 aromatic carbocycles. The van der Waals surface area contributed by atoms with Crippen molar-refractivity contribution < 1.29 is 23.8 Å². The first-order valence-electron chi connectivity index (χ1n) is 15.9. The molecule has 3 aromatic heterocycles. The quantitative estimate of drug-likeness (QED) is 0.137. The van der Waals surface area contributed by atoms with E-state index >= 15 is 4.39 Å². The summed E-state index contributed by atoms with van der Waals surface area (Å²) in [5.41, 5.74) is 2.92. The number of hydrogen-bond donors (Lipinski definition) is 4. The lowest BCUT2D eigenvalue weighted by atomic mass is 9.90. The third-order valence-electron chi connectivity index (χ3n) is 9.03. The summed E-state index contributed by atoms with van der Waals surface area (Å²) < 4.78 is 21.3. The number of anilines is 2. The summed E-state index contributed by atoms with van der Waals surface area (Å²) in [4.78, 5) is 38.5. The van der Waals surface area contributed by atoms with Crippen LogP contribution in [0.25, 0.3) is 22.5 Å². The van der Waals surface area contributed by atoms with Crippen molar-refractivity contribution in [1.82, 2.24) is 30.5 Å². The van der Waals surface area contributed by atoms with E-state index < -0.39 is 17.2 Å². The molecule has 4 aromatic rings. The second-order valence-electron chi connectivity index (χ2n) is 12.6. The van der Waals surface area contributed by atoms with Crippen LogP contribution in [-0.2, 0) is 22.7 Å². The summed E-state index contributed by atoms with van der Waals surface area (Å²) in [5, 5.41) is 19.5. The van der Waals surface area contributed by atoms with E-state index in [0.717, 1.165) is 12.0 Å². The van der Waals surface area contributed by atoms with Gasteiger partial charge in [0.1, 0.15) is 0 Å². The van der Waals surface area contributed by atoms with Crippen LogP contribution in [0.4, 0.5) is 15.9 Å². The molecule has 6 rings (SSSR count). The summed E-state index contributed by atoms with van der Waals surface area (Å²) in [5.74, 6) is -0.894. The largest absolute Gasteiger partial charge is 0.481 e. The molecule has 2 aliphatic heterocycles. The number of amides is 1. The first kappa shape index (κ1) is 34.5. The topological polar surface area (TPSA) is 142 Å². The Bertz CT molecular complexity index is 1900. The highest BCUT2D eigenvalue weighted by molar-refractivity contribution is 6.39. The van der Waals surface area contributed by atoms with Gasteiger partial charge in [-0.1, -0.05) is 41.4 Å². The van der Waals surface area contributed by atoms with E-state index in [0.29, 0.717) is 83.7 Å². The Morgan fingerprint density at radius 1 is 1.12 bits per heavy atom. The second kappa shape index (κ2) is 14.6. The number of likely N-dealkylation sites (tertiary alicyclic amines) is 1. The monoisotopic (exact) mass is 707 g/mol. The summed E-state index contributed by atoms with van der Waals surface area (Å²) in [7, 11) is 1.55. The Labute approximate surface area is 293 Å². The van der Waals surface area contributed by atoms with E-state index in [9.17, 15) is 14.7 Å². The van der Waals surface area contributed by atoms with E-state index in [4.69, 9.17) is 32.9 Å². The zero-order valence-corrected chi connectivity index (χ0v) is 28.5. The van der Waals surface area contributed by atoms with Crippen LogP contribution in [0.15, 0.2) is 54.9 Å². The number of carbonyl (C=O) groups is 2. The zero-order valence-electron chi connectivity index (χ0n) is 27.0. The normalized spacial score (nSPS) is 19.2. The Kier molecular flexibility index (Phi) is 10.3. The van der Waals surface area contributed by atoms with Gasteiger partial charge in [-0.15, -0.1) is 0 Å². The summed E-state index contributed by atoms with van der Waals surface area (Å²) in [6.45, 7) is 4.00. The number of halogens is 3. The highest BCUT2D eigenvalue weighted by Crippen LogP contribution is 2.41. The van der Waals surface area contributed by atoms with Crippen molar-refractivity contribution in [2.24, 2.45) is 5.41 Å². The van der Waals surface area contributed by atoms with E-state index in [-0.39, 0.29) is 29.3 Å². The van der Waals surface area contributed by atoms with Gasteiger partial charge < -0.3 is 25.8 Å². The van der Waals surface area contributed by atoms with Gasteiger partial charge in [-0.25, -0.2) is 14.4 Å². The molecule has 2 fully saturated rings. The maximum atomic E-state index is 15.7. The van der Waals surface area contributed by atoms with Crippen LogP contribution in [0, 0.1) is 11.2 Å². The Morgan fingerprint density at radius 3 is 2.67 bits per heavy atom.